The zero-order chi connectivity index (χ0) is 15.9. The molecule has 3 nitrogen and oxygen atoms in total. The van der Waals surface area contributed by atoms with E-state index < -0.39 is 5.41 Å². The van der Waals surface area contributed by atoms with E-state index in [9.17, 15) is 4.79 Å². The summed E-state index contributed by atoms with van der Waals surface area (Å²) in [6, 6.07) is 15.6. The molecule has 0 aliphatic heterocycles. The van der Waals surface area contributed by atoms with Crippen LogP contribution in [0.4, 0.5) is 0 Å². The molecule has 3 aromatic rings. The molecular weight excluding hydrogens is 328 g/mol. The van der Waals surface area contributed by atoms with Crippen molar-refractivity contribution in [1.29, 1.82) is 0 Å². The van der Waals surface area contributed by atoms with Gasteiger partial charge in [0.25, 0.3) is 0 Å². The molecule has 0 radical (unpaired) electrons. The van der Waals surface area contributed by atoms with Crippen LogP contribution in [-0.2, 0) is 16.8 Å². The highest BCUT2D eigenvalue weighted by Crippen LogP contribution is 2.48. The molecule has 1 fully saturated rings. The number of halogens is 1. The van der Waals surface area contributed by atoms with Crippen molar-refractivity contribution in [3.63, 3.8) is 0 Å². The molecule has 116 valence electrons. The minimum absolute atomic E-state index is 0.0685. The third-order valence-corrected chi connectivity index (χ3v) is 5.57. The third kappa shape index (κ3) is 2.73. The maximum Gasteiger partial charge on any atom is 0.231 e. The number of amides is 1. The SMILES string of the molecule is O=C(NCc1nc2ccccc2s1)C1(c2cccc(Cl)c2)CC1. The van der Waals surface area contributed by atoms with E-state index in [0.717, 1.165) is 33.6 Å². The Kier molecular flexibility index (Phi) is 3.58. The van der Waals surface area contributed by atoms with Crippen molar-refractivity contribution in [1.82, 2.24) is 10.3 Å². The average Bonchev–Trinajstić information content (AvgIpc) is 3.26. The lowest BCUT2D eigenvalue weighted by Crippen LogP contribution is -2.34. The number of para-hydroxylation sites is 1. The zero-order valence-electron chi connectivity index (χ0n) is 12.4. The van der Waals surface area contributed by atoms with Crippen molar-refractivity contribution in [3.05, 3.63) is 64.1 Å². The number of rotatable bonds is 4. The lowest BCUT2D eigenvalue weighted by atomic mass is 9.95. The number of carbonyl (C=O) groups excluding carboxylic acids is 1. The summed E-state index contributed by atoms with van der Waals surface area (Å²) in [5.41, 5.74) is 1.59. The quantitative estimate of drug-likeness (QED) is 0.768. The molecule has 1 amide bonds. The van der Waals surface area contributed by atoms with Crippen LogP contribution in [0.15, 0.2) is 48.5 Å². The third-order valence-electron chi connectivity index (χ3n) is 4.30. The second-order valence-corrected chi connectivity index (χ2v) is 7.40. The van der Waals surface area contributed by atoms with Gasteiger partial charge in [-0.25, -0.2) is 4.98 Å². The van der Waals surface area contributed by atoms with Gasteiger partial charge in [0.1, 0.15) is 5.01 Å². The van der Waals surface area contributed by atoms with Crippen molar-refractivity contribution in [2.75, 3.05) is 0 Å². The molecule has 1 heterocycles. The Balaban J connectivity index is 1.49. The molecule has 1 saturated carbocycles. The highest BCUT2D eigenvalue weighted by molar-refractivity contribution is 7.18. The standard InChI is InChI=1S/C18H15ClN2OS/c19-13-5-3-4-12(10-13)18(8-9-18)17(22)20-11-16-21-14-6-1-2-7-15(14)23-16/h1-7,10H,8-9,11H2,(H,20,22). The Labute approximate surface area is 143 Å². The van der Waals surface area contributed by atoms with Gasteiger partial charge in [-0.2, -0.15) is 0 Å². The van der Waals surface area contributed by atoms with Crippen molar-refractivity contribution in [2.45, 2.75) is 24.8 Å². The minimum atomic E-state index is -0.401. The summed E-state index contributed by atoms with van der Waals surface area (Å²) in [5.74, 6) is 0.0685. The van der Waals surface area contributed by atoms with Gasteiger partial charge < -0.3 is 5.32 Å². The first-order chi connectivity index (χ1) is 11.2. The van der Waals surface area contributed by atoms with Gasteiger partial charge in [-0.05, 0) is 42.7 Å². The van der Waals surface area contributed by atoms with E-state index in [1.54, 1.807) is 11.3 Å². The van der Waals surface area contributed by atoms with Gasteiger partial charge in [-0.1, -0.05) is 35.9 Å². The minimum Gasteiger partial charge on any atom is -0.349 e. The molecule has 0 bridgehead atoms. The van der Waals surface area contributed by atoms with Crippen LogP contribution in [0.3, 0.4) is 0 Å². The first kappa shape index (κ1) is 14.7. The number of hydrogen-bond donors (Lipinski definition) is 1. The van der Waals surface area contributed by atoms with E-state index in [-0.39, 0.29) is 5.91 Å². The largest absolute Gasteiger partial charge is 0.349 e. The Hall–Kier alpha value is -1.91. The monoisotopic (exact) mass is 342 g/mol. The number of aromatic nitrogens is 1. The van der Waals surface area contributed by atoms with Gasteiger partial charge in [-0.3, -0.25) is 4.79 Å². The van der Waals surface area contributed by atoms with Gasteiger partial charge >= 0.3 is 0 Å². The first-order valence-electron chi connectivity index (χ1n) is 7.56. The molecule has 0 unspecified atom stereocenters. The summed E-state index contributed by atoms with van der Waals surface area (Å²) < 4.78 is 1.15. The molecule has 0 atom stereocenters. The Bertz CT molecular complexity index is 852. The number of nitrogens with one attached hydrogen (secondary N) is 1. The number of carbonyl (C=O) groups is 1. The normalized spacial score (nSPS) is 15.5. The Morgan fingerprint density at radius 3 is 2.78 bits per heavy atom. The molecule has 1 aliphatic carbocycles. The lowest BCUT2D eigenvalue weighted by molar-refractivity contribution is -0.123. The molecule has 1 aliphatic rings. The van der Waals surface area contributed by atoms with E-state index in [2.05, 4.69) is 10.3 Å². The van der Waals surface area contributed by atoms with Crippen LogP contribution in [0, 0.1) is 0 Å². The summed E-state index contributed by atoms with van der Waals surface area (Å²) >= 11 is 7.68. The van der Waals surface area contributed by atoms with E-state index in [1.165, 1.54) is 0 Å². The van der Waals surface area contributed by atoms with E-state index >= 15 is 0 Å². The van der Waals surface area contributed by atoms with Crippen molar-refractivity contribution >= 4 is 39.1 Å². The molecule has 1 aromatic heterocycles. The van der Waals surface area contributed by atoms with Gasteiger partial charge in [-0.15, -0.1) is 11.3 Å². The van der Waals surface area contributed by atoms with E-state index in [4.69, 9.17) is 11.6 Å². The number of fused-ring (bicyclic) bond motifs is 1. The molecule has 5 heteroatoms. The van der Waals surface area contributed by atoms with Gasteiger partial charge in [0.15, 0.2) is 0 Å². The zero-order valence-corrected chi connectivity index (χ0v) is 14.0. The highest BCUT2D eigenvalue weighted by atomic mass is 35.5. The van der Waals surface area contributed by atoms with Crippen LogP contribution in [0.25, 0.3) is 10.2 Å². The highest BCUT2D eigenvalue weighted by Gasteiger charge is 2.51. The fraction of sp³-hybridized carbons (Fsp3) is 0.222. The molecule has 1 N–H and O–H groups in total. The average molecular weight is 343 g/mol. The smallest absolute Gasteiger partial charge is 0.231 e. The van der Waals surface area contributed by atoms with Crippen LogP contribution >= 0.6 is 22.9 Å². The van der Waals surface area contributed by atoms with Crippen LogP contribution in [0.5, 0.6) is 0 Å². The first-order valence-corrected chi connectivity index (χ1v) is 8.76. The second kappa shape index (κ2) is 5.62. The summed E-state index contributed by atoms with van der Waals surface area (Å²) in [4.78, 5) is 17.2. The van der Waals surface area contributed by atoms with Crippen molar-refractivity contribution in [3.8, 4) is 0 Å². The number of hydrogen-bond acceptors (Lipinski definition) is 3. The summed E-state index contributed by atoms with van der Waals surface area (Å²) in [7, 11) is 0. The predicted octanol–water partition coefficient (Wildman–Crippen LogP) is 4.30. The van der Waals surface area contributed by atoms with Gasteiger partial charge in [0.2, 0.25) is 5.91 Å². The van der Waals surface area contributed by atoms with Crippen LogP contribution in [-0.4, -0.2) is 10.9 Å². The maximum absolute atomic E-state index is 12.7. The lowest BCUT2D eigenvalue weighted by Gasteiger charge is -2.15. The van der Waals surface area contributed by atoms with E-state index in [0.29, 0.717) is 11.6 Å². The van der Waals surface area contributed by atoms with Gasteiger partial charge in [0.05, 0.1) is 22.2 Å². The van der Waals surface area contributed by atoms with Crippen molar-refractivity contribution in [2.24, 2.45) is 0 Å². The Morgan fingerprint density at radius 1 is 1.22 bits per heavy atom. The van der Waals surface area contributed by atoms with Crippen molar-refractivity contribution < 1.29 is 4.79 Å². The second-order valence-electron chi connectivity index (χ2n) is 5.85. The fourth-order valence-corrected chi connectivity index (χ4v) is 3.98. The predicted molar refractivity (Wildman–Crippen MR) is 93.8 cm³/mol. The van der Waals surface area contributed by atoms with Crippen LogP contribution in [0.1, 0.15) is 23.4 Å². The number of thiazole rings is 1. The van der Waals surface area contributed by atoms with Crippen LogP contribution in [0.2, 0.25) is 5.02 Å². The molecule has 0 spiro atoms. The Morgan fingerprint density at radius 2 is 2.04 bits per heavy atom. The maximum atomic E-state index is 12.7. The van der Waals surface area contributed by atoms with Crippen LogP contribution < -0.4 is 5.32 Å². The molecule has 2 aromatic carbocycles. The summed E-state index contributed by atoms with van der Waals surface area (Å²) in [6.07, 6.45) is 1.75. The van der Waals surface area contributed by atoms with Gasteiger partial charge in [0, 0.05) is 5.02 Å². The molecule has 23 heavy (non-hydrogen) atoms. The molecule has 0 saturated heterocycles. The summed E-state index contributed by atoms with van der Waals surface area (Å²) in [6.45, 7) is 0.473. The fourth-order valence-electron chi connectivity index (χ4n) is 2.88. The summed E-state index contributed by atoms with van der Waals surface area (Å²) in [5, 5.41) is 4.65. The molecule has 4 rings (SSSR count). The number of nitrogens with zero attached hydrogens (tertiary/aromatic N) is 1. The topological polar surface area (TPSA) is 42.0 Å². The number of benzene rings is 2. The molecular formula is C18H15ClN2OS. The van der Waals surface area contributed by atoms with E-state index in [1.807, 2.05) is 48.5 Å².